The first-order valence-corrected chi connectivity index (χ1v) is 17.7. The van der Waals surface area contributed by atoms with E-state index in [1.807, 2.05) is 0 Å². The maximum atomic E-state index is 12.2. The molecule has 0 aromatic rings. The standard InChI is InChI=1S/C36H68O4/c1-3-5-6-7-8-9-10-11-12-13-14-15-16-21-24-27-30-33-36(39)40-34(4-2)31-28-25-22-19-17-18-20-23-26-29-32-35(37)38/h11-12,34H,3-10,13-33H2,1-2H3,(H,37,38)/b12-11-. The van der Waals surface area contributed by atoms with Crippen LogP contribution in [0.3, 0.4) is 0 Å². The van der Waals surface area contributed by atoms with Gasteiger partial charge in [-0.1, -0.05) is 142 Å². The molecule has 40 heavy (non-hydrogen) atoms. The van der Waals surface area contributed by atoms with E-state index >= 15 is 0 Å². The van der Waals surface area contributed by atoms with E-state index in [9.17, 15) is 9.59 Å². The van der Waals surface area contributed by atoms with E-state index in [-0.39, 0.29) is 12.1 Å². The van der Waals surface area contributed by atoms with Gasteiger partial charge >= 0.3 is 11.9 Å². The van der Waals surface area contributed by atoms with Crippen LogP contribution in [0.5, 0.6) is 0 Å². The Hall–Kier alpha value is -1.32. The van der Waals surface area contributed by atoms with Crippen LogP contribution in [0.2, 0.25) is 0 Å². The molecular weight excluding hydrogens is 496 g/mol. The Morgan fingerprint density at radius 3 is 1.40 bits per heavy atom. The fraction of sp³-hybridized carbons (Fsp3) is 0.889. The van der Waals surface area contributed by atoms with Gasteiger partial charge in [0.15, 0.2) is 0 Å². The fourth-order valence-corrected chi connectivity index (χ4v) is 5.35. The molecule has 0 aromatic heterocycles. The van der Waals surface area contributed by atoms with E-state index in [0.29, 0.717) is 12.8 Å². The molecule has 0 spiro atoms. The number of rotatable bonds is 32. The molecule has 0 heterocycles. The summed E-state index contributed by atoms with van der Waals surface area (Å²) < 4.78 is 5.75. The van der Waals surface area contributed by atoms with Crippen LogP contribution in [0.1, 0.15) is 200 Å². The Morgan fingerprint density at radius 1 is 0.550 bits per heavy atom. The Bertz CT molecular complexity index is 571. The number of carbonyl (C=O) groups is 2. The van der Waals surface area contributed by atoms with E-state index in [1.165, 1.54) is 122 Å². The molecule has 4 nitrogen and oxygen atoms in total. The highest BCUT2D eigenvalue weighted by molar-refractivity contribution is 5.69. The number of ether oxygens (including phenoxy) is 1. The minimum absolute atomic E-state index is 0.00273. The van der Waals surface area contributed by atoms with Gasteiger partial charge in [-0.3, -0.25) is 9.59 Å². The topological polar surface area (TPSA) is 63.6 Å². The van der Waals surface area contributed by atoms with Gasteiger partial charge in [-0.25, -0.2) is 0 Å². The number of aliphatic carboxylic acids is 1. The van der Waals surface area contributed by atoms with Crippen LogP contribution < -0.4 is 0 Å². The molecule has 236 valence electrons. The van der Waals surface area contributed by atoms with Gasteiger partial charge < -0.3 is 9.84 Å². The third-order valence-electron chi connectivity index (χ3n) is 8.06. The average molecular weight is 565 g/mol. The number of carboxylic acid groups (broad SMARTS) is 1. The molecule has 0 rings (SSSR count). The first-order valence-electron chi connectivity index (χ1n) is 17.7. The third-order valence-corrected chi connectivity index (χ3v) is 8.06. The molecule has 0 saturated carbocycles. The van der Waals surface area contributed by atoms with Crippen molar-refractivity contribution >= 4 is 11.9 Å². The minimum atomic E-state index is -0.677. The minimum Gasteiger partial charge on any atom is -0.481 e. The molecule has 0 bridgehead atoms. The molecule has 0 radical (unpaired) electrons. The summed E-state index contributed by atoms with van der Waals surface area (Å²) in [7, 11) is 0. The highest BCUT2D eigenvalue weighted by atomic mass is 16.5. The molecule has 1 atom stereocenters. The maximum absolute atomic E-state index is 12.2. The molecule has 0 aliphatic rings. The molecule has 0 amide bonds. The number of allylic oxidation sites excluding steroid dienone is 2. The first kappa shape index (κ1) is 38.7. The van der Waals surface area contributed by atoms with Crippen LogP contribution in [-0.2, 0) is 14.3 Å². The van der Waals surface area contributed by atoms with Crippen LogP contribution in [0, 0.1) is 0 Å². The van der Waals surface area contributed by atoms with Crippen LogP contribution in [0.4, 0.5) is 0 Å². The Balaban J connectivity index is 3.44. The van der Waals surface area contributed by atoms with Crippen molar-refractivity contribution in [1.82, 2.24) is 0 Å². The van der Waals surface area contributed by atoms with Crippen molar-refractivity contribution in [2.45, 2.75) is 206 Å². The Kier molecular flexibility index (Phi) is 31.1. The lowest BCUT2D eigenvalue weighted by atomic mass is 10.0. The van der Waals surface area contributed by atoms with Crippen molar-refractivity contribution in [3.63, 3.8) is 0 Å². The van der Waals surface area contributed by atoms with E-state index in [2.05, 4.69) is 26.0 Å². The highest BCUT2D eigenvalue weighted by Gasteiger charge is 2.12. The number of hydrogen-bond donors (Lipinski definition) is 1. The number of carboxylic acids is 1. The Labute approximate surface area is 249 Å². The normalized spacial score (nSPS) is 12.2. The van der Waals surface area contributed by atoms with Crippen LogP contribution in [-0.4, -0.2) is 23.1 Å². The molecule has 1 unspecified atom stereocenters. The molecule has 1 N–H and O–H groups in total. The van der Waals surface area contributed by atoms with Crippen molar-refractivity contribution in [2.24, 2.45) is 0 Å². The summed E-state index contributed by atoms with van der Waals surface area (Å²) in [6.45, 7) is 4.40. The first-order chi connectivity index (χ1) is 19.6. The van der Waals surface area contributed by atoms with Crippen LogP contribution >= 0.6 is 0 Å². The van der Waals surface area contributed by atoms with Crippen molar-refractivity contribution in [3.8, 4) is 0 Å². The zero-order chi connectivity index (χ0) is 29.4. The van der Waals surface area contributed by atoms with E-state index in [0.717, 1.165) is 51.4 Å². The second kappa shape index (κ2) is 32.2. The van der Waals surface area contributed by atoms with Crippen molar-refractivity contribution in [3.05, 3.63) is 12.2 Å². The van der Waals surface area contributed by atoms with Gasteiger partial charge in [0.25, 0.3) is 0 Å². The predicted octanol–water partition coefficient (Wildman–Crippen LogP) is 11.9. The molecule has 4 heteroatoms. The van der Waals surface area contributed by atoms with E-state index in [4.69, 9.17) is 9.84 Å². The predicted molar refractivity (Wildman–Crippen MR) is 172 cm³/mol. The Morgan fingerprint density at radius 2 is 0.950 bits per heavy atom. The highest BCUT2D eigenvalue weighted by Crippen LogP contribution is 2.16. The molecule has 0 aliphatic carbocycles. The summed E-state index contributed by atoms with van der Waals surface area (Å²) in [4.78, 5) is 22.7. The number of hydrogen-bond acceptors (Lipinski definition) is 3. The van der Waals surface area contributed by atoms with Gasteiger partial charge in [-0.2, -0.15) is 0 Å². The van der Waals surface area contributed by atoms with Gasteiger partial charge in [0.2, 0.25) is 0 Å². The van der Waals surface area contributed by atoms with Gasteiger partial charge in [0.1, 0.15) is 6.10 Å². The third kappa shape index (κ3) is 31.2. The monoisotopic (exact) mass is 565 g/mol. The largest absolute Gasteiger partial charge is 0.481 e. The lowest BCUT2D eigenvalue weighted by molar-refractivity contribution is -0.149. The zero-order valence-electron chi connectivity index (χ0n) is 26.9. The molecule has 0 saturated heterocycles. The molecule has 0 aliphatic heterocycles. The smallest absolute Gasteiger partial charge is 0.306 e. The van der Waals surface area contributed by atoms with E-state index < -0.39 is 5.97 Å². The average Bonchev–Trinajstić information content (AvgIpc) is 2.94. The zero-order valence-corrected chi connectivity index (χ0v) is 26.9. The van der Waals surface area contributed by atoms with Crippen LogP contribution in [0.15, 0.2) is 12.2 Å². The van der Waals surface area contributed by atoms with Gasteiger partial charge in [-0.05, 0) is 57.8 Å². The second-order valence-corrected chi connectivity index (χ2v) is 12.0. The van der Waals surface area contributed by atoms with Gasteiger partial charge in [0.05, 0.1) is 0 Å². The van der Waals surface area contributed by atoms with Crippen molar-refractivity contribution < 1.29 is 19.4 Å². The SMILES string of the molecule is CCCCCCCC/C=C\CCCCCCCCCC(=O)OC(CC)CCCCCCCCCCCCC(=O)O. The summed E-state index contributed by atoms with van der Waals surface area (Å²) in [5.41, 5.74) is 0. The molecule has 0 fully saturated rings. The number of esters is 1. The quantitative estimate of drug-likeness (QED) is 0.0501. The lowest BCUT2D eigenvalue weighted by Gasteiger charge is -2.16. The number of unbranched alkanes of at least 4 members (excludes halogenated alkanes) is 22. The second-order valence-electron chi connectivity index (χ2n) is 12.0. The fourth-order valence-electron chi connectivity index (χ4n) is 5.35. The van der Waals surface area contributed by atoms with Gasteiger partial charge in [-0.15, -0.1) is 0 Å². The van der Waals surface area contributed by atoms with E-state index in [1.54, 1.807) is 0 Å². The summed E-state index contributed by atoms with van der Waals surface area (Å²) >= 11 is 0. The number of carbonyl (C=O) groups excluding carboxylic acids is 1. The van der Waals surface area contributed by atoms with Crippen molar-refractivity contribution in [1.29, 1.82) is 0 Å². The molecular formula is C36H68O4. The van der Waals surface area contributed by atoms with Crippen molar-refractivity contribution in [2.75, 3.05) is 0 Å². The maximum Gasteiger partial charge on any atom is 0.306 e. The summed E-state index contributed by atoms with van der Waals surface area (Å²) in [6, 6.07) is 0. The van der Waals surface area contributed by atoms with Gasteiger partial charge in [0, 0.05) is 12.8 Å². The van der Waals surface area contributed by atoms with Crippen LogP contribution in [0.25, 0.3) is 0 Å². The molecule has 0 aromatic carbocycles. The summed E-state index contributed by atoms with van der Waals surface area (Å²) in [5, 5.41) is 8.65. The summed E-state index contributed by atoms with van der Waals surface area (Å²) in [6.07, 6.45) is 38.8. The summed E-state index contributed by atoms with van der Waals surface area (Å²) in [5.74, 6) is -0.674. The lowest BCUT2D eigenvalue weighted by Crippen LogP contribution is -2.17.